The van der Waals surface area contributed by atoms with E-state index >= 15 is 0 Å². The van der Waals surface area contributed by atoms with Gasteiger partial charge in [-0.2, -0.15) is 0 Å². The Kier molecular flexibility index (Phi) is 11.0. The summed E-state index contributed by atoms with van der Waals surface area (Å²) in [5, 5.41) is 6.86. The number of aliphatic imine (C=N–C) groups is 1. The highest BCUT2D eigenvalue weighted by atomic mass is 127. The topological polar surface area (TPSA) is 58.1 Å². The molecule has 1 aromatic carbocycles. The fourth-order valence-electron chi connectivity index (χ4n) is 3.68. The van der Waals surface area contributed by atoms with Crippen LogP contribution >= 0.6 is 24.0 Å². The summed E-state index contributed by atoms with van der Waals surface area (Å²) in [5.41, 5.74) is 1.33. The SMILES string of the molecule is CN=C(NCCCOCC1CCOC1)NCC1CCN(c2ccccc2)C1.I. The molecule has 2 aliphatic rings. The lowest BCUT2D eigenvalue weighted by Gasteiger charge is -2.19. The first-order valence-corrected chi connectivity index (χ1v) is 10.2. The highest BCUT2D eigenvalue weighted by Gasteiger charge is 2.22. The Morgan fingerprint density at radius 2 is 2.07 bits per heavy atom. The standard InChI is InChI=1S/C21H34N4O2.HI/c1-22-21(23-10-5-12-26-16-19-9-13-27-17-19)24-14-18-8-11-25(15-18)20-6-3-2-4-7-20;/h2-4,6-7,18-19H,5,8-17H2,1H3,(H2,22,23,24);1H. The maximum absolute atomic E-state index is 5.74. The molecule has 2 N–H and O–H groups in total. The second-order valence-corrected chi connectivity index (χ2v) is 7.47. The molecular weight excluding hydrogens is 467 g/mol. The first kappa shape index (κ1) is 23.2. The third kappa shape index (κ3) is 7.75. The van der Waals surface area contributed by atoms with E-state index in [0.29, 0.717) is 11.8 Å². The van der Waals surface area contributed by atoms with Gasteiger partial charge in [0.15, 0.2) is 5.96 Å². The second-order valence-electron chi connectivity index (χ2n) is 7.47. The summed E-state index contributed by atoms with van der Waals surface area (Å²) >= 11 is 0. The van der Waals surface area contributed by atoms with Gasteiger partial charge in [0.2, 0.25) is 0 Å². The van der Waals surface area contributed by atoms with E-state index in [-0.39, 0.29) is 24.0 Å². The maximum atomic E-state index is 5.74. The number of nitrogens with zero attached hydrogens (tertiary/aromatic N) is 2. The van der Waals surface area contributed by atoms with Gasteiger partial charge < -0.3 is 25.0 Å². The van der Waals surface area contributed by atoms with Gasteiger partial charge in [0.1, 0.15) is 0 Å². The lowest BCUT2D eigenvalue weighted by atomic mass is 10.1. The molecular formula is C21H35IN4O2. The Balaban J connectivity index is 0.00000280. The number of hydrogen-bond donors (Lipinski definition) is 2. The molecule has 7 heteroatoms. The van der Waals surface area contributed by atoms with Crippen LogP contribution in [0.25, 0.3) is 0 Å². The molecule has 28 heavy (non-hydrogen) atoms. The van der Waals surface area contributed by atoms with Gasteiger partial charge in [0, 0.05) is 58.0 Å². The highest BCUT2D eigenvalue weighted by Crippen LogP contribution is 2.22. The minimum absolute atomic E-state index is 0. The average Bonchev–Trinajstić information content (AvgIpc) is 3.39. The summed E-state index contributed by atoms with van der Waals surface area (Å²) in [4.78, 5) is 6.80. The van der Waals surface area contributed by atoms with Gasteiger partial charge in [-0.25, -0.2) is 0 Å². The predicted molar refractivity (Wildman–Crippen MR) is 126 cm³/mol. The van der Waals surface area contributed by atoms with Crippen LogP contribution in [0.15, 0.2) is 35.3 Å². The molecule has 2 heterocycles. The smallest absolute Gasteiger partial charge is 0.190 e. The lowest BCUT2D eigenvalue weighted by molar-refractivity contribution is 0.0888. The van der Waals surface area contributed by atoms with Crippen LogP contribution in [0, 0.1) is 11.8 Å². The summed E-state index contributed by atoms with van der Waals surface area (Å²) in [5.74, 6) is 2.13. The number of hydrogen-bond acceptors (Lipinski definition) is 4. The van der Waals surface area contributed by atoms with E-state index in [1.165, 1.54) is 12.1 Å². The molecule has 3 rings (SSSR count). The normalized spacial score (nSPS) is 22.2. The van der Waals surface area contributed by atoms with Crippen LogP contribution < -0.4 is 15.5 Å². The zero-order valence-corrected chi connectivity index (χ0v) is 19.3. The van der Waals surface area contributed by atoms with Crippen molar-refractivity contribution < 1.29 is 9.47 Å². The quantitative estimate of drug-likeness (QED) is 0.236. The number of ether oxygens (including phenoxy) is 2. The Morgan fingerprint density at radius 1 is 1.21 bits per heavy atom. The van der Waals surface area contributed by atoms with Gasteiger partial charge in [0.25, 0.3) is 0 Å². The van der Waals surface area contributed by atoms with Crippen LogP contribution in [0.4, 0.5) is 5.69 Å². The minimum atomic E-state index is 0. The van der Waals surface area contributed by atoms with Gasteiger partial charge in [-0.3, -0.25) is 4.99 Å². The van der Waals surface area contributed by atoms with Gasteiger partial charge in [-0.1, -0.05) is 18.2 Å². The zero-order valence-electron chi connectivity index (χ0n) is 16.9. The summed E-state index contributed by atoms with van der Waals surface area (Å²) in [6.07, 6.45) is 3.34. The van der Waals surface area contributed by atoms with Crippen molar-refractivity contribution >= 4 is 35.6 Å². The fraction of sp³-hybridized carbons (Fsp3) is 0.667. The van der Waals surface area contributed by atoms with E-state index in [4.69, 9.17) is 9.47 Å². The first-order chi connectivity index (χ1) is 13.3. The van der Waals surface area contributed by atoms with Crippen molar-refractivity contribution in [1.82, 2.24) is 10.6 Å². The molecule has 0 bridgehead atoms. The van der Waals surface area contributed by atoms with Crippen molar-refractivity contribution in [2.75, 3.05) is 64.6 Å². The first-order valence-electron chi connectivity index (χ1n) is 10.2. The average molecular weight is 502 g/mol. The van der Waals surface area contributed by atoms with Crippen molar-refractivity contribution in [2.24, 2.45) is 16.8 Å². The molecule has 2 aliphatic heterocycles. The van der Waals surface area contributed by atoms with E-state index in [1.807, 2.05) is 7.05 Å². The monoisotopic (exact) mass is 502 g/mol. The molecule has 2 fully saturated rings. The number of guanidine groups is 1. The van der Waals surface area contributed by atoms with Crippen LogP contribution in [0.2, 0.25) is 0 Å². The highest BCUT2D eigenvalue weighted by molar-refractivity contribution is 14.0. The van der Waals surface area contributed by atoms with Gasteiger partial charge in [-0.05, 0) is 37.3 Å². The second kappa shape index (κ2) is 13.2. The largest absolute Gasteiger partial charge is 0.381 e. The minimum Gasteiger partial charge on any atom is -0.381 e. The summed E-state index contributed by atoms with van der Waals surface area (Å²) in [6, 6.07) is 10.7. The molecule has 158 valence electrons. The Hall–Kier alpha value is -1.06. The molecule has 0 aliphatic carbocycles. The van der Waals surface area contributed by atoms with Crippen molar-refractivity contribution in [2.45, 2.75) is 19.3 Å². The van der Waals surface area contributed by atoms with E-state index in [0.717, 1.165) is 71.4 Å². The van der Waals surface area contributed by atoms with Crippen molar-refractivity contribution in [3.63, 3.8) is 0 Å². The van der Waals surface area contributed by atoms with Gasteiger partial charge in [-0.15, -0.1) is 24.0 Å². The zero-order chi connectivity index (χ0) is 18.7. The maximum Gasteiger partial charge on any atom is 0.190 e. The van der Waals surface area contributed by atoms with Crippen LogP contribution in [0.5, 0.6) is 0 Å². The number of nitrogens with one attached hydrogen (secondary N) is 2. The predicted octanol–water partition coefficient (Wildman–Crippen LogP) is 2.74. The van der Waals surface area contributed by atoms with E-state index < -0.39 is 0 Å². The van der Waals surface area contributed by atoms with Gasteiger partial charge in [0.05, 0.1) is 13.2 Å². The van der Waals surface area contributed by atoms with Crippen LogP contribution in [-0.4, -0.2) is 65.6 Å². The molecule has 0 aromatic heterocycles. The van der Waals surface area contributed by atoms with E-state index in [2.05, 4.69) is 50.9 Å². The van der Waals surface area contributed by atoms with Crippen molar-refractivity contribution in [1.29, 1.82) is 0 Å². The molecule has 0 radical (unpaired) electrons. The van der Waals surface area contributed by atoms with E-state index in [9.17, 15) is 0 Å². The molecule has 1 aromatic rings. The summed E-state index contributed by atoms with van der Waals surface area (Å²) in [7, 11) is 1.83. The molecule has 0 amide bonds. The van der Waals surface area contributed by atoms with Crippen LogP contribution in [0.3, 0.4) is 0 Å². The number of para-hydroxylation sites is 1. The Bertz CT molecular complexity index is 567. The number of benzene rings is 1. The molecule has 2 saturated heterocycles. The molecule has 2 atom stereocenters. The fourth-order valence-corrected chi connectivity index (χ4v) is 3.68. The third-order valence-corrected chi connectivity index (χ3v) is 5.32. The van der Waals surface area contributed by atoms with E-state index in [1.54, 1.807) is 0 Å². The number of anilines is 1. The Morgan fingerprint density at radius 3 is 2.82 bits per heavy atom. The number of halogens is 1. The molecule has 6 nitrogen and oxygen atoms in total. The van der Waals surface area contributed by atoms with Crippen LogP contribution in [0.1, 0.15) is 19.3 Å². The van der Waals surface area contributed by atoms with Crippen LogP contribution in [-0.2, 0) is 9.47 Å². The third-order valence-electron chi connectivity index (χ3n) is 5.32. The van der Waals surface area contributed by atoms with Gasteiger partial charge >= 0.3 is 0 Å². The Labute approximate surface area is 186 Å². The summed E-state index contributed by atoms with van der Waals surface area (Å²) < 4.78 is 11.1. The molecule has 2 unspecified atom stereocenters. The summed E-state index contributed by atoms with van der Waals surface area (Å²) in [6.45, 7) is 7.43. The lowest BCUT2D eigenvalue weighted by Crippen LogP contribution is -2.40. The number of rotatable bonds is 9. The molecule has 0 saturated carbocycles. The van der Waals surface area contributed by atoms with Crippen molar-refractivity contribution in [3.8, 4) is 0 Å². The molecule has 0 spiro atoms. The van der Waals surface area contributed by atoms with Crippen molar-refractivity contribution in [3.05, 3.63) is 30.3 Å².